The minimum Gasteiger partial charge on any atom is -0.381 e. The first-order chi connectivity index (χ1) is 11.0. The lowest BCUT2D eigenvalue weighted by Crippen LogP contribution is -2.51. The molecule has 23 heavy (non-hydrogen) atoms. The Balaban J connectivity index is 1.77. The van der Waals surface area contributed by atoms with E-state index in [-0.39, 0.29) is 25.0 Å². The van der Waals surface area contributed by atoms with Crippen LogP contribution in [-0.4, -0.2) is 72.0 Å². The highest BCUT2D eigenvalue weighted by Crippen LogP contribution is 2.19. The zero-order valence-corrected chi connectivity index (χ0v) is 12.8. The average molecular weight is 326 g/mol. The third-order valence-corrected chi connectivity index (χ3v) is 3.91. The van der Waals surface area contributed by atoms with Gasteiger partial charge in [0, 0.05) is 12.6 Å². The maximum absolute atomic E-state index is 12.2. The third-order valence-electron chi connectivity index (χ3n) is 3.91. The smallest absolute Gasteiger partial charge is 0.250 e. The monoisotopic (exact) mass is 326 g/mol. The molecular weight excluding hydrogens is 304 g/mol. The van der Waals surface area contributed by atoms with E-state index in [9.17, 15) is 24.3 Å². The topological polar surface area (TPSA) is 128 Å². The molecule has 0 aromatic heterocycles. The van der Waals surface area contributed by atoms with E-state index in [1.807, 2.05) is 0 Å². The van der Waals surface area contributed by atoms with E-state index in [1.165, 1.54) is 4.90 Å². The Morgan fingerprint density at radius 1 is 1.26 bits per heavy atom. The summed E-state index contributed by atoms with van der Waals surface area (Å²) in [4.78, 5) is 47.3. The zero-order chi connectivity index (χ0) is 16.8. The van der Waals surface area contributed by atoms with E-state index in [0.717, 1.165) is 12.8 Å². The number of amides is 4. The van der Waals surface area contributed by atoms with Crippen molar-refractivity contribution in [3.8, 4) is 0 Å². The van der Waals surface area contributed by atoms with Gasteiger partial charge in [-0.3, -0.25) is 19.2 Å². The van der Waals surface area contributed by atoms with Crippen molar-refractivity contribution in [3.05, 3.63) is 0 Å². The highest BCUT2D eigenvalue weighted by Gasteiger charge is 2.34. The van der Waals surface area contributed by atoms with Crippen molar-refractivity contribution in [3.63, 3.8) is 0 Å². The van der Waals surface area contributed by atoms with Gasteiger partial charge >= 0.3 is 0 Å². The normalized spacial score (nSPS) is 21.4. The third kappa shape index (κ3) is 4.92. The molecule has 9 nitrogen and oxygen atoms in total. The molecule has 128 valence electrons. The van der Waals surface area contributed by atoms with E-state index >= 15 is 0 Å². The van der Waals surface area contributed by atoms with E-state index in [2.05, 4.69) is 16.0 Å². The SMILES string of the molecule is O=CNCC(=O)N1CCCC1C(=O)NCC(O)C(=O)NC1CC1. The minimum atomic E-state index is -1.30. The molecule has 1 heterocycles. The van der Waals surface area contributed by atoms with Gasteiger partial charge in [-0.05, 0) is 25.7 Å². The summed E-state index contributed by atoms with van der Waals surface area (Å²) in [6, 6.07) is -0.490. The number of carbonyl (C=O) groups is 4. The van der Waals surface area contributed by atoms with Crippen LogP contribution in [0.2, 0.25) is 0 Å². The van der Waals surface area contributed by atoms with Crippen molar-refractivity contribution < 1.29 is 24.3 Å². The van der Waals surface area contributed by atoms with Crippen molar-refractivity contribution in [2.75, 3.05) is 19.6 Å². The Kier molecular flexibility index (Phi) is 5.91. The highest BCUT2D eigenvalue weighted by atomic mass is 16.3. The lowest BCUT2D eigenvalue weighted by molar-refractivity contribution is -0.138. The number of hydrogen-bond donors (Lipinski definition) is 4. The molecule has 0 spiro atoms. The largest absolute Gasteiger partial charge is 0.381 e. The number of nitrogens with zero attached hydrogens (tertiary/aromatic N) is 1. The maximum atomic E-state index is 12.2. The molecule has 1 aliphatic heterocycles. The first kappa shape index (κ1) is 17.2. The summed E-state index contributed by atoms with van der Waals surface area (Å²) in [5.41, 5.74) is 0. The Labute approximate surface area is 133 Å². The summed E-state index contributed by atoms with van der Waals surface area (Å²) in [5, 5.41) is 17.2. The number of carbonyl (C=O) groups excluding carboxylic acids is 4. The number of nitrogens with one attached hydrogen (secondary N) is 3. The van der Waals surface area contributed by atoms with Crippen LogP contribution in [0.25, 0.3) is 0 Å². The summed E-state index contributed by atoms with van der Waals surface area (Å²) >= 11 is 0. The van der Waals surface area contributed by atoms with Crippen molar-refractivity contribution in [2.24, 2.45) is 0 Å². The molecule has 1 aliphatic carbocycles. The number of likely N-dealkylation sites (tertiary alicyclic amines) is 1. The molecule has 0 bridgehead atoms. The van der Waals surface area contributed by atoms with Crippen LogP contribution in [0.4, 0.5) is 0 Å². The van der Waals surface area contributed by atoms with Gasteiger partial charge in [-0.2, -0.15) is 0 Å². The molecule has 0 aromatic rings. The van der Waals surface area contributed by atoms with E-state index in [0.29, 0.717) is 25.8 Å². The standard InChI is InChI=1S/C14H22N4O5/c19-8-15-7-12(21)18-5-1-2-10(18)13(22)16-6-11(20)14(23)17-9-3-4-9/h8-11,20H,1-7H2,(H,15,19)(H,16,22)(H,17,23). The highest BCUT2D eigenvalue weighted by molar-refractivity contribution is 5.90. The quantitative estimate of drug-likeness (QED) is 0.366. The number of hydrogen-bond acceptors (Lipinski definition) is 5. The summed E-state index contributed by atoms with van der Waals surface area (Å²) in [6.07, 6.45) is 2.16. The zero-order valence-electron chi connectivity index (χ0n) is 12.8. The molecule has 4 amide bonds. The lowest BCUT2D eigenvalue weighted by Gasteiger charge is -2.24. The second-order valence-electron chi connectivity index (χ2n) is 5.79. The van der Waals surface area contributed by atoms with Crippen LogP contribution < -0.4 is 16.0 Å². The van der Waals surface area contributed by atoms with E-state index in [4.69, 9.17) is 0 Å². The molecule has 2 atom stereocenters. The van der Waals surface area contributed by atoms with Crippen LogP contribution in [-0.2, 0) is 19.2 Å². The molecule has 2 unspecified atom stereocenters. The molecule has 1 saturated carbocycles. The van der Waals surface area contributed by atoms with Gasteiger partial charge in [0.1, 0.15) is 12.1 Å². The van der Waals surface area contributed by atoms with Gasteiger partial charge < -0.3 is 26.0 Å². The molecule has 2 aliphatic rings. The van der Waals surface area contributed by atoms with Gasteiger partial charge in [0.25, 0.3) is 5.91 Å². The Hall–Kier alpha value is -2.16. The van der Waals surface area contributed by atoms with E-state index in [1.54, 1.807) is 0 Å². The van der Waals surface area contributed by atoms with Crippen LogP contribution in [0.1, 0.15) is 25.7 Å². The van der Waals surface area contributed by atoms with Gasteiger partial charge in [0.15, 0.2) is 0 Å². The van der Waals surface area contributed by atoms with Crippen molar-refractivity contribution in [1.82, 2.24) is 20.9 Å². The van der Waals surface area contributed by atoms with Crippen LogP contribution in [0.5, 0.6) is 0 Å². The summed E-state index contributed by atoms with van der Waals surface area (Å²) in [7, 11) is 0. The average Bonchev–Trinajstić information content (AvgIpc) is 3.21. The van der Waals surface area contributed by atoms with Crippen molar-refractivity contribution in [1.29, 1.82) is 0 Å². The van der Waals surface area contributed by atoms with Gasteiger partial charge in [-0.25, -0.2) is 0 Å². The minimum absolute atomic E-state index is 0.140. The van der Waals surface area contributed by atoms with Crippen LogP contribution in [0.15, 0.2) is 0 Å². The molecule has 4 N–H and O–H groups in total. The van der Waals surface area contributed by atoms with Crippen LogP contribution in [0, 0.1) is 0 Å². The van der Waals surface area contributed by atoms with Crippen molar-refractivity contribution >= 4 is 24.1 Å². The Morgan fingerprint density at radius 3 is 2.65 bits per heavy atom. The second kappa shape index (κ2) is 7.91. The number of rotatable bonds is 8. The molecule has 2 fully saturated rings. The maximum Gasteiger partial charge on any atom is 0.250 e. The fourth-order valence-corrected chi connectivity index (χ4v) is 2.50. The van der Waals surface area contributed by atoms with E-state index < -0.39 is 24.0 Å². The van der Waals surface area contributed by atoms with Crippen LogP contribution in [0.3, 0.4) is 0 Å². The molecule has 0 radical (unpaired) electrons. The van der Waals surface area contributed by atoms with Gasteiger partial charge in [0.2, 0.25) is 18.2 Å². The van der Waals surface area contributed by atoms with Gasteiger partial charge in [-0.15, -0.1) is 0 Å². The predicted octanol–water partition coefficient (Wildman–Crippen LogP) is -2.52. The summed E-state index contributed by atoms with van der Waals surface area (Å²) in [5.74, 6) is -1.23. The Morgan fingerprint density at radius 2 is 2.00 bits per heavy atom. The van der Waals surface area contributed by atoms with Crippen molar-refractivity contribution in [2.45, 2.75) is 43.9 Å². The fraction of sp³-hybridized carbons (Fsp3) is 0.714. The molecule has 9 heteroatoms. The molecule has 1 saturated heterocycles. The molecule has 0 aromatic carbocycles. The number of aliphatic hydroxyl groups is 1. The summed E-state index contributed by atoms with van der Waals surface area (Å²) < 4.78 is 0. The molecule has 2 rings (SSSR count). The Bertz CT molecular complexity index is 480. The molecular formula is C14H22N4O5. The van der Waals surface area contributed by atoms with Gasteiger partial charge in [-0.1, -0.05) is 0 Å². The first-order valence-corrected chi connectivity index (χ1v) is 7.75. The fourth-order valence-electron chi connectivity index (χ4n) is 2.50. The lowest BCUT2D eigenvalue weighted by atomic mass is 10.2. The predicted molar refractivity (Wildman–Crippen MR) is 79.0 cm³/mol. The van der Waals surface area contributed by atoms with Gasteiger partial charge in [0.05, 0.1) is 13.1 Å². The van der Waals surface area contributed by atoms with Crippen LogP contribution >= 0.6 is 0 Å². The summed E-state index contributed by atoms with van der Waals surface area (Å²) in [6.45, 7) is 0.102. The first-order valence-electron chi connectivity index (χ1n) is 7.75. The second-order valence-corrected chi connectivity index (χ2v) is 5.79. The number of aliphatic hydroxyl groups excluding tert-OH is 1.